The number of carbonyl (C=O) groups excluding carboxylic acids is 1. The fourth-order valence-electron chi connectivity index (χ4n) is 4.25. The van der Waals surface area contributed by atoms with Crippen LogP contribution in [0.1, 0.15) is 50.6 Å². The number of fused-ring (bicyclic) bond motifs is 1. The van der Waals surface area contributed by atoms with Crippen LogP contribution in [0.15, 0.2) is 29.1 Å². The Balaban J connectivity index is 1.33. The average molecular weight is 355 g/mol. The maximum Gasteiger partial charge on any atom is 0.270 e. The van der Waals surface area contributed by atoms with E-state index in [1.165, 1.54) is 19.3 Å². The van der Waals surface area contributed by atoms with Crippen molar-refractivity contribution in [3.8, 4) is 0 Å². The number of nitrogens with zero attached hydrogens (tertiary/aromatic N) is 1. The van der Waals surface area contributed by atoms with Crippen LogP contribution in [0.2, 0.25) is 0 Å². The number of H-pyrrole nitrogens is 1. The SMILES string of the molecule is O=C(CCc1nc2ccccc2[nH]c1=O)NC1COC2(CCCCC2)C1. The first-order valence-corrected chi connectivity index (χ1v) is 9.55. The number of rotatable bonds is 4. The van der Waals surface area contributed by atoms with E-state index >= 15 is 0 Å². The van der Waals surface area contributed by atoms with E-state index in [2.05, 4.69) is 15.3 Å². The minimum Gasteiger partial charge on any atom is -0.373 e. The Bertz CT molecular complexity index is 855. The normalized spacial score (nSPS) is 21.9. The van der Waals surface area contributed by atoms with Gasteiger partial charge in [0.05, 0.1) is 29.3 Å². The summed E-state index contributed by atoms with van der Waals surface area (Å²) in [7, 11) is 0. The Morgan fingerprint density at radius 2 is 2.08 bits per heavy atom. The lowest BCUT2D eigenvalue weighted by Gasteiger charge is -2.32. The molecule has 6 nitrogen and oxygen atoms in total. The standard InChI is InChI=1S/C20H25N3O3/c24-18(21-14-12-20(26-13-14)10-4-1-5-11-20)9-8-17-19(25)23-16-7-3-2-6-15(16)22-17/h2-3,6-7,14H,1,4-5,8-13H2,(H,21,24)(H,23,25). The van der Waals surface area contributed by atoms with Crippen molar-refractivity contribution < 1.29 is 9.53 Å². The van der Waals surface area contributed by atoms with E-state index in [1.54, 1.807) is 0 Å². The summed E-state index contributed by atoms with van der Waals surface area (Å²) < 4.78 is 6.04. The van der Waals surface area contributed by atoms with Crippen LogP contribution in [-0.4, -0.2) is 34.1 Å². The zero-order valence-electron chi connectivity index (χ0n) is 14.9. The van der Waals surface area contributed by atoms with E-state index in [1.807, 2.05) is 24.3 Å². The van der Waals surface area contributed by atoms with Gasteiger partial charge in [0, 0.05) is 12.8 Å². The molecule has 2 N–H and O–H groups in total. The first-order chi connectivity index (χ1) is 12.6. The molecule has 1 saturated heterocycles. The Morgan fingerprint density at radius 1 is 1.27 bits per heavy atom. The zero-order chi connectivity index (χ0) is 18.0. The summed E-state index contributed by atoms with van der Waals surface area (Å²) in [6.45, 7) is 0.598. The van der Waals surface area contributed by atoms with Crippen LogP contribution in [-0.2, 0) is 16.0 Å². The third kappa shape index (κ3) is 3.65. The summed E-state index contributed by atoms with van der Waals surface area (Å²) in [5.41, 5.74) is 1.64. The van der Waals surface area contributed by atoms with Crippen molar-refractivity contribution in [3.05, 3.63) is 40.3 Å². The smallest absolute Gasteiger partial charge is 0.270 e. The van der Waals surface area contributed by atoms with Crippen LogP contribution in [0.4, 0.5) is 0 Å². The number of para-hydroxylation sites is 2. The quantitative estimate of drug-likeness (QED) is 0.882. The number of nitrogens with one attached hydrogen (secondary N) is 2. The number of amides is 1. The Hall–Kier alpha value is -2.21. The van der Waals surface area contributed by atoms with Gasteiger partial charge in [0.1, 0.15) is 5.69 Å². The Kier molecular flexibility index (Phi) is 4.76. The first-order valence-electron chi connectivity index (χ1n) is 9.55. The van der Waals surface area contributed by atoms with E-state index in [4.69, 9.17) is 4.74 Å². The van der Waals surface area contributed by atoms with Crippen molar-refractivity contribution in [2.75, 3.05) is 6.61 Å². The summed E-state index contributed by atoms with van der Waals surface area (Å²) in [5.74, 6) is -0.0409. The highest BCUT2D eigenvalue weighted by atomic mass is 16.5. The lowest BCUT2D eigenvalue weighted by atomic mass is 9.82. The lowest BCUT2D eigenvalue weighted by Crippen LogP contribution is -2.37. The van der Waals surface area contributed by atoms with Gasteiger partial charge in [0.25, 0.3) is 5.56 Å². The summed E-state index contributed by atoms with van der Waals surface area (Å²) in [5, 5.41) is 3.07. The molecule has 1 aromatic carbocycles. The highest BCUT2D eigenvalue weighted by molar-refractivity contribution is 5.77. The van der Waals surface area contributed by atoms with Crippen molar-refractivity contribution in [1.29, 1.82) is 0 Å². The molecule has 1 unspecified atom stereocenters. The largest absolute Gasteiger partial charge is 0.373 e. The van der Waals surface area contributed by atoms with Gasteiger partial charge < -0.3 is 15.0 Å². The molecular formula is C20H25N3O3. The summed E-state index contributed by atoms with van der Waals surface area (Å²) in [4.78, 5) is 31.7. The fourth-order valence-corrected chi connectivity index (χ4v) is 4.25. The molecule has 1 aliphatic heterocycles. The molecule has 2 heterocycles. The molecule has 1 amide bonds. The van der Waals surface area contributed by atoms with Crippen LogP contribution in [0.3, 0.4) is 0 Å². The molecule has 2 aromatic rings. The Morgan fingerprint density at radius 3 is 2.92 bits per heavy atom. The van der Waals surface area contributed by atoms with Gasteiger partial charge in [0.15, 0.2) is 0 Å². The molecule has 1 spiro atoms. The van der Waals surface area contributed by atoms with E-state index in [-0.39, 0.29) is 29.5 Å². The highest BCUT2D eigenvalue weighted by Gasteiger charge is 2.41. The number of hydrogen-bond donors (Lipinski definition) is 2. The fraction of sp³-hybridized carbons (Fsp3) is 0.550. The summed E-state index contributed by atoms with van der Waals surface area (Å²) >= 11 is 0. The predicted molar refractivity (Wildman–Crippen MR) is 99.0 cm³/mol. The third-order valence-electron chi connectivity index (χ3n) is 5.60. The lowest BCUT2D eigenvalue weighted by molar-refractivity contribution is -0.121. The van der Waals surface area contributed by atoms with Gasteiger partial charge in [0.2, 0.25) is 5.91 Å². The Labute approximate surface area is 152 Å². The van der Waals surface area contributed by atoms with Crippen LogP contribution >= 0.6 is 0 Å². The number of aromatic amines is 1. The maximum atomic E-state index is 12.3. The number of aryl methyl sites for hydroxylation is 1. The van der Waals surface area contributed by atoms with Crippen molar-refractivity contribution in [1.82, 2.24) is 15.3 Å². The molecule has 0 bridgehead atoms. The van der Waals surface area contributed by atoms with Gasteiger partial charge in [-0.15, -0.1) is 0 Å². The average Bonchev–Trinajstić information content (AvgIpc) is 3.02. The van der Waals surface area contributed by atoms with Gasteiger partial charge in [-0.25, -0.2) is 4.98 Å². The third-order valence-corrected chi connectivity index (χ3v) is 5.60. The minimum atomic E-state index is -0.221. The molecule has 4 rings (SSSR count). The van der Waals surface area contributed by atoms with Crippen molar-refractivity contribution >= 4 is 16.9 Å². The second kappa shape index (κ2) is 7.19. The van der Waals surface area contributed by atoms with Crippen LogP contribution in [0.25, 0.3) is 11.0 Å². The van der Waals surface area contributed by atoms with Crippen LogP contribution < -0.4 is 10.9 Å². The molecule has 1 saturated carbocycles. The first kappa shape index (κ1) is 17.2. The second-order valence-corrected chi connectivity index (χ2v) is 7.55. The molecule has 2 aliphatic rings. The number of benzene rings is 1. The van der Waals surface area contributed by atoms with E-state index in [0.717, 1.165) is 24.8 Å². The van der Waals surface area contributed by atoms with Crippen LogP contribution in [0, 0.1) is 0 Å². The topological polar surface area (TPSA) is 84.1 Å². The molecule has 1 aliphatic carbocycles. The van der Waals surface area contributed by atoms with Crippen molar-refractivity contribution in [3.63, 3.8) is 0 Å². The minimum absolute atomic E-state index is 0.00670. The summed E-state index contributed by atoms with van der Waals surface area (Å²) in [6, 6.07) is 7.50. The number of aromatic nitrogens is 2. The molecule has 26 heavy (non-hydrogen) atoms. The molecule has 1 aromatic heterocycles. The summed E-state index contributed by atoms with van der Waals surface area (Å²) in [6.07, 6.45) is 7.45. The molecule has 138 valence electrons. The van der Waals surface area contributed by atoms with Gasteiger partial charge in [-0.05, 0) is 31.4 Å². The zero-order valence-corrected chi connectivity index (χ0v) is 14.9. The van der Waals surface area contributed by atoms with Gasteiger partial charge in [-0.2, -0.15) is 0 Å². The van der Waals surface area contributed by atoms with Crippen LogP contribution in [0.5, 0.6) is 0 Å². The second-order valence-electron chi connectivity index (χ2n) is 7.55. The molecular weight excluding hydrogens is 330 g/mol. The maximum absolute atomic E-state index is 12.3. The number of ether oxygens (including phenoxy) is 1. The van der Waals surface area contributed by atoms with E-state index in [9.17, 15) is 9.59 Å². The van der Waals surface area contributed by atoms with Crippen molar-refractivity contribution in [2.24, 2.45) is 0 Å². The van der Waals surface area contributed by atoms with Gasteiger partial charge in [-0.1, -0.05) is 31.4 Å². The van der Waals surface area contributed by atoms with Gasteiger partial charge >= 0.3 is 0 Å². The van der Waals surface area contributed by atoms with Crippen molar-refractivity contribution in [2.45, 2.75) is 63.0 Å². The number of carbonyl (C=O) groups is 1. The molecule has 6 heteroatoms. The highest BCUT2D eigenvalue weighted by Crippen LogP contribution is 2.39. The molecule has 2 fully saturated rings. The molecule has 1 atom stereocenters. The number of hydrogen-bond acceptors (Lipinski definition) is 4. The van der Waals surface area contributed by atoms with Gasteiger partial charge in [-0.3, -0.25) is 9.59 Å². The molecule has 0 radical (unpaired) electrons. The predicted octanol–water partition coefficient (Wildman–Crippen LogP) is 2.46. The monoisotopic (exact) mass is 355 g/mol. The van der Waals surface area contributed by atoms with E-state index in [0.29, 0.717) is 24.2 Å². The van der Waals surface area contributed by atoms with E-state index < -0.39 is 0 Å².